The molecule has 4 nitrogen and oxygen atoms in total. The van der Waals surface area contributed by atoms with Crippen LogP contribution in [-0.4, -0.2) is 48.1 Å². The molecule has 1 aromatic heterocycles. The van der Waals surface area contributed by atoms with Crippen LogP contribution in [0.4, 0.5) is 10.2 Å². The molecule has 1 aliphatic carbocycles. The van der Waals surface area contributed by atoms with Gasteiger partial charge in [-0.05, 0) is 109 Å². The van der Waals surface area contributed by atoms with Gasteiger partial charge in [-0.1, -0.05) is 6.42 Å². The third kappa shape index (κ3) is 3.69. The zero-order valence-electron chi connectivity index (χ0n) is 16.9. The van der Waals surface area contributed by atoms with Crippen LogP contribution in [0.1, 0.15) is 56.7 Å². The van der Waals surface area contributed by atoms with Crippen LogP contribution in [0, 0.1) is 14.8 Å². The highest BCUT2D eigenvalue weighted by molar-refractivity contribution is 14.1. The van der Waals surface area contributed by atoms with E-state index in [4.69, 9.17) is 9.97 Å². The summed E-state index contributed by atoms with van der Waals surface area (Å²) in [5, 5.41) is 0.858. The SMILES string of the molecule is CN1CCC(c2nc(N3CCC4(CCC4)CC3)c3cc(I)c(Br)c(F)c3n2)CC1. The Labute approximate surface area is 193 Å². The van der Waals surface area contributed by atoms with Gasteiger partial charge in [0.1, 0.15) is 17.2 Å². The van der Waals surface area contributed by atoms with Gasteiger partial charge in [0.15, 0.2) is 5.82 Å². The molecule has 156 valence electrons. The summed E-state index contributed by atoms with van der Waals surface area (Å²) >= 11 is 5.61. The molecule has 0 atom stereocenters. The second-order valence-electron chi connectivity index (χ2n) is 9.21. The van der Waals surface area contributed by atoms with Crippen LogP contribution in [0.2, 0.25) is 0 Å². The van der Waals surface area contributed by atoms with Crippen molar-refractivity contribution in [3.8, 4) is 0 Å². The van der Waals surface area contributed by atoms with Crippen LogP contribution in [0.5, 0.6) is 0 Å². The minimum absolute atomic E-state index is 0.253. The van der Waals surface area contributed by atoms with Crippen LogP contribution in [0.15, 0.2) is 10.5 Å². The summed E-state index contributed by atoms with van der Waals surface area (Å²) in [6.07, 6.45) is 8.69. The van der Waals surface area contributed by atoms with Crippen molar-refractivity contribution >= 4 is 55.2 Å². The highest BCUT2D eigenvalue weighted by Gasteiger charge is 2.40. The lowest BCUT2D eigenvalue weighted by atomic mass is 9.63. The molecule has 0 unspecified atom stereocenters. The van der Waals surface area contributed by atoms with E-state index in [-0.39, 0.29) is 5.82 Å². The van der Waals surface area contributed by atoms with E-state index in [0.29, 0.717) is 21.3 Å². The van der Waals surface area contributed by atoms with E-state index in [1.54, 1.807) is 0 Å². The number of hydrogen-bond acceptors (Lipinski definition) is 4. The molecule has 1 saturated carbocycles. The van der Waals surface area contributed by atoms with Crippen LogP contribution >= 0.6 is 38.5 Å². The molecule has 0 radical (unpaired) electrons. The zero-order chi connectivity index (χ0) is 20.2. The standard InChI is InChI=1S/C22H27BrFIN4/c1-28-9-3-14(4-10-28)20-26-19-15(13-16(25)17(23)18(19)24)21(27-20)29-11-7-22(8-12-29)5-2-6-22/h13-14H,2-12H2,1H3. The van der Waals surface area contributed by atoms with Gasteiger partial charge in [0, 0.05) is 28.0 Å². The van der Waals surface area contributed by atoms with Gasteiger partial charge in [-0.25, -0.2) is 14.4 Å². The molecule has 3 heterocycles. The van der Waals surface area contributed by atoms with Crippen molar-refractivity contribution in [2.45, 2.75) is 50.9 Å². The van der Waals surface area contributed by atoms with E-state index in [1.165, 1.54) is 32.1 Å². The first-order valence-electron chi connectivity index (χ1n) is 10.7. The average molecular weight is 573 g/mol. The summed E-state index contributed by atoms with van der Waals surface area (Å²) in [7, 11) is 2.16. The Morgan fingerprint density at radius 1 is 1.10 bits per heavy atom. The first kappa shape index (κ1) is 20.4. The lowest BCUT2D eigenvalue weighted by Crippen LogP contribution is -2.44. The van der Waals surface area contributed by atoms with Crippen molar-refractivity contribution in [2.75, 3.05) is 38.1 Å². The predicted octanol–water partition coefficient (Wildman–Crippen LogP) is 5.72. The van der Waals surface area contributed by atoms with Crippen molar-refractivity contribution in [3.05, 3.63) is 25.8 Å². The Balaban J connectivity index is 1.57. The van der Waals surface area contributed by atoms with Crippen LogP contribution in [0.25, 0.3) is 10.9 Å². The molecule has 1 aromatic carbocycles. The van der Waals surface area contributed by atoms with Gasteiger partial charge in [-0.15, -0.1) is 0 Å². The minimum Gasteiger partial charge on any atom is -0.356 e. The van der Waals surface area contributed by atoms with E-state index in [2.05, 4.69) is 55.4 Å². The third-order valence-corrected chi connectivity index (χ3v) is 9.81. The fraction of sp³-hybridized carbons (Fsp3) is 0.636. The topological polar surface area (TPSA) is 32.3 Å². The average Bonchev–Trinajstić information content (AvgIpc) is 2.71. The monoisotopic (exact) mass is 572 g/mol. The zero-order valence-corrected chi connectivity index (χ0v) is 20.6. The fourth-order valence-electron chi connectivity index (χ4n) is 5.23. The summed E-state index contributed by atoms with van der Waals surface area (Å²) in [4.78, 5) is 14.6. The number of nitrogens with zero attached hydrogens (tertiary/aromatic N) is 4. The normalized spacial score (nSPS) is 23.0. The maximum atomic E-state index is 15.2. The second-order valence-corrected chi connectivity index (χ2v) is 11.2. The van der Waals surface area contributed by atoms with Gasteiger partial charge in [-0.2, -0.15) is 0 Å². The lowest BCUT2D eigenvalue weighted by Gasteiger charge is -2.48. The van der Waals surface area contributed by atoms with Gasteiger partial charge in [0.05, 0.1) is 4.47 Å². The number of fused-ring (bicyclic) bond motifs is 1. The first-order valence-corrected chi connectivity index (χ1v) is 12.6. The number of piperidine rings is 2. The summed E-state index contributed by atoms with van der Waals surface area (Å²) in [6, 6.07) is 2.05. The van der Waals surface area contributed by atoms with Crippen molar-refractivity contribution in [3.63, 3.8) is 0 Å². The van der Waals surface area contributed by atoms with Crippen molar-refractivity contribution in [1.29, 1.82) is 0 Å². The highest BCUT2D eigenvalue weighted by Crippen LogP contribution is 2.49. The number of aromatic nitrogens is 2. The number of likely N-dealkylation sites (tertiary alicyclic amines) is 1. The largest absolute Gasteiger partial charge is 0.356 e. The maximum absolute atomic E-state index is 15.2. The van der Waals surface area contributed by atoms with Crippen molar-refractivity contribution in [1.82, 2.24) is 14.9 Å². The Morgan fingerprint density at radius 3 is 2.41 bits per heavy atom. The molecular formula is C22H27BrFIN4. The first-order chi connectivity index (χ1) is 14.0. The van der Waals surface area contributed by atoms with Gasteiger partial charge < -0.3 is 9.80 Å². The quantitative estimate of drug-likeness (QED) is 0.340. The number of benzene rings is 1. The van der Waals surface area contributed by atoms with E-state index >= 15 is 4.39 Å². The van der Waals surface area contributed by atoms with E-state index in [1.807, 2.05) is 6.07 Å². The Morgan fingerprint density at radius 2 is 1.79 bits per heavy atom. The number of hydrogen-bond donors (Lipinski definition) is 0. The van der Waals surface area contributed by atoms with Gasteiger partial charge >= 0.3 is 0 Å². The molecule has 1 spiro atoms. The number of rotatable bonds is 2. The molecular weight excluding hydrogens is 546 g/mol. The molecule has 0 N–H and O–H groups in total. The molecule has 7 heteroatoms. The second kappa shape index (κ2) is 7.86. The molecule has 3 fully saturated rings. The molecule has 0 amide bonds. The molecule has 2 saturated heterocycles. The van der Waals surface area contributed by atoms with Gasteiger partial charge in [0.25, 0.3) is 0 Å². The smallest absolute Gasteiger partial charge is 0.164 e. The summed E-state index contributed by atoms with van der Waals surface area (Å²) in [5.74, 6) is 1.84. The molecule has 5 rings (SSSR count). The van der Waals surface area contributed by atoms with E-state index < -0.39 is 0 Å². The summed E-state index contributed by atoms with van der Waals surface area (Å²) in [6.45, 7) is 4.14. The lowest BCUT2D eigenvalue weighted by molar-refractivity contribution is 0.0953. The highest BCUT2D eigenvalue weighted by atomic mass is 127. The summed E-state index contributed by atoms with van der Waals surface area (Å²) in [5.41, 5.74) is 1.05. The molecule has 3 aliphatic rings. The van der Waals surface area contributed by atoms with Crippen LogP contribution in [-0.2, 0) is 0 Å². The number of anilines is 1. The number of halogens is 3. The molecule has 2 aromatic rings. The maximum Gasteiger partial charge on any atom is 0.164 e. The van der Waals surface area contributed by atoms with E-state index in [9.17, 15) is 0 Å². The molecule has 2 aliphatic heterocycles. The predicted molar refractivity (Wildman–Crippen MR) is 127 cm³/mol. The van der Waals surface area contributed by atoms with E-state index in [0.717, 1.165) is 59.6 Å². The van der Waals surface area contributed by atoms with Crippen LogP contribution in [0.3, 0.4) is 0 Å². The van der Waals surface area contributed by atoms with Gasteiger partial charge in [-0.3, -0.25) is 0 Å². The van der Waals surface area contributed by atoms with Crippen molar-refractivity contribution < 1.29 is 4.39 Å². The molecule has 0 bridgehead atoms. The molecule has 29 heavy (non-hydrogen) atoms. The Kier molecular flexibility index (Phi) is 5.52. The minimum atomic E-state index is -0.253. The van der Waals surface area contributed by atoms with Gasteiger partial charge in [0.2, 0.25) is 0 Å². The van der Waals surface area contributed by atoms with Crippen molar-refractivity contribution in [2.24, 2.45) is 5.41 Å². The van der Waals surface area contributed by atoms with Crippen LogP contribution < -0.4 is 4.90 Å². The fourth-order valence-corrected chi connectivity index (χ4v) is 6.08. The Bertz CT molecular complexity index is 930. The summed E-state index contributed by atoms with van der Waals surface area (Å²) < 4.78 is 16.6. The third-order valence-electron chi connectivity index (χ3n) is 7.45. The Hall–Kier alpha value is -0.540.